The van der Waals surface area contributed by atoms with Crippen molar-refractivity contribution in [2.45, 2.75) is 33.2 Å². The summed E-state index contributed by atoms with van der Waals surface area (Å²) in [4.78, 5) is 16.7. The lowest BCUT2D eigenvalue weighted by Gasteiger charge is -2.16. The van der Waals surface area contributed by atoms with Crippen LogP contribution in [-0.2, 0) is 22.6 Å². The topological polar surface area (TPSA) is 129 Å². The lowest BCUT2D eigenvalue weighted by atomic mass is 10.2. The SMILES string of the molecule is CCOC(Cn1cc(C(=O)NCc2nc(-c3ccc(OC)cc3)n[nH]2)nn1)OCC. The van der Waals surface area contributed by atoms with Gasteiger partial charge in [-0.15, -0.1) is 5.10 Å². The number of hydrogen-bond donors (Lipinski definition) is 2. The number of carbonyl (C=O) groups excluding carboxylic acids is 1. The van der Waals surface area contributed by atoms with Crippen molar-refractivity contribution in [1.82, 2.24) is 35.5 Å². The first-order valence-corrected chi connectivity index (χ1v) is 9.60. The van der Waals surface area contributed by atoms with E-state index in [1.165, 1.54) is 4.68 Å². The largest absolute Gasteiger partial charge is 0.497 e. The number of nitrogens with zero attached hydrogens (tertiary/aromatic N) is 5. The average Bonchev–Trinajstić information content (AvgIpc) is 3.42. The molecular formula is C19H25N7O4. The summed E-state index contributed by atoms with van der Waals surface area (Å²) in [5.74, 6) is 1.44. The van der Waals surface area contributed by atoms with E-state index in [2.05, 4.69) is 30.8 Å². The summed E-state index contributed by atoms with van der Waals surface area (Å²) in [6.07, 6.45) is 1.10. The molecule has 3 aromatic rings. The smallest absolute Gasteiger partial charge is 0.273 e. The van der Waals surface area contributed by atoms with E-state index in [1.807, 2.05) is 38.1 Å². The van der Waals surface area contributed by atoms with Gasteiger partial charge in [0.15, 0.2) is 17.8 Å². The van der Waals surface area contributed by atoms with E-state index in [9.17, 15) is 4.79 Å². The van der Waals surface area contributed by atoms with Crippen LogP contribution in [0.3, 0.4) is 0 Å². The van der Waals surface area contributed by atoms with Gasteiger partial charge < -0.3 is 19.5 Å². The van der Waals surface area contributed by atoms with Crippen molar-refractivity contribution in [3.63, 3.8) is 0 Å². The molecule has 0 saturated heterocycles. The fraction of sp³-hybridized carbons (Fsp3) is 0.421. The standard InChI is InChI=1S/C19H25N7O4/c1-4-29-17(30-5-2)12-26-11-15(22-25-26)19(27)20-10-16-21-18(24-23-16)13-6-8-14(28-3)9-7-13/h6-9,11,17H,4-5,10,12H2,1-3H3,(H,20,27)(H,21,23,24). The van der Waals surface area contributed by atoms with E-state index in [0.29, 0.717) is 31.4 Å². The van der Waals surface area contributed by atoms with E-state index in [-0.39, 0.29) is 18.1 Å². The molecular weight excluding hydrogens is 390 g/mol. The molecule has 0 atom stereocenters. The molecule has 0 aliphatic rings. The zero-order chi connectivity index (χ0) is 21.3. The Morgan fingerprint density at radius 2 is 1.93 bits per heavy atom. The number of carbonyl (C=O) groups is 1. The maximum absolute atomic E-state index is 12.4. The minimum absolute atomic E-state index is 0.176. The third-order valence-corrected chi connectivity index (χ3v) is 4.11. The van der Waals surface area contributed by atoms with Crippen LogP contribution in [0.4, 0.5) is 0 Å². The van der Waals surface area contributed by atoms with Crippen molar-refractivity contribution in [3.05, 3.63) is 42.0 Å². The van der Waals surface area contributed by atoms with Crippen LogP contribution < -0.4 is 10.1 Å². The molecule has 11 heteroatoms. The number of benzene rings is 1. The van der Waals surface area contributed by atoms with E-state index < -0.39 is 6.29 Å². The Balaban J connectivity index is 1.54. The van der Waals surface area contributed by atoms with Gasteiger partial charge >= 0.3 is 0 Å². The van der Waals surface area contributed by atoms with Crippen LogP contribution >= 0.6 is 0 Å². The second kappa shape index (κ2) is 10.5. The van der Waals surface area contributed by atoms with Gasteiger partial charge in [0.2, 0.25) is 0 Å². The summed E-state index contributed by atoms with van der Waals surface area (Å²) >= 11 is 0. The molecule has 1 aromatic carbocycles. The lowest BCUT2D eigenvalue weighted by Crippen LogP contribution is -2.24. The van der Waals surface area contributed by atoms with Gasteiger partial charge in [-0.1, -0.05) is 5.21 Å². The van der Waals surface area contributed by atoms with Crippen LogP contribution in [0.5, 0.6) is 5.75 Å². The minimum atomic E-state index is -0.442. The maximum atomic E-state index is 12.4. The summed E-state index contributed by atoms with van der Waals surface area (Å²) in [7, 11) is 1.61. The zero-order valence-electron chi connectivity index (χ0n) is 17.2. The highest BCUT2D eigenvalue weighted by molar-refractivity contribution is 5.91. The molecule has 0 spiro atoms. The van der Waals surface area contributed by atoms with Gasteiger partial charge in [-0.25, -0.2) is 9.67 Å². The van der Waals surface area contributed by atoms with Crippen molar-refractivity contribution in [2.75, 3.05) is 20.3 Å². The first-order valence-electron chi connectivity index (χ1n) is 9.60. The molecule has 0 radical (unpaired) electrons. The van der Waals surface area contributed by atoms with Crippen molar-refractivity contribution in [1.29, 1.82) is 0 Å². The number of H-pyrrole nitrogens is 1. The first-order chi connectivity index (χ1) is 14.6. The summed E-state index contributed by atoms with van der Waals surface area (Å²) in [6, 6.07) is 7.39. The highest BCUT2D eigenvalue weighted by atomic mass is 16.7. The Morgan fingerprint density at radius 3 is 2.60 bits per heavy atom. The van der Waals surface area contributed by atoms with E-state index in [1.54, 1.807) is 13.3 Å². The molecule has 11 nitrogen and oxygen atoms in total. The second-order valence-electron chi connectivity index (χ2n) is 6.18. The Bertz CT molecular complexity index is 933. The predicted molar refractivity (Wildman–Crippen MR) is 107 cm³/mol. The van der Waals surface area contributed by atoms with Gasteiger partial charge in [0.1, 0.15) is 11.6 Å². The third kappa shape index (κ3) is 5.61. The number of ether oxygens (including phenoxy) is 3. The first kappa shape index (κ1) is 21.4. The molecule has 3 rings (SSSR count). The molecule has 0 aliphatic carbocycles. The fourth-order valence-corrected chi connectivity index (χ4v) is 2.67. The highest BCUT2D eigenvalue weighted by Crippen LogP contribution is 2.18. The van der Waals surface area contributed by atoms with Crippen LogP contribution in [0.15, 0.2) is 30.5 Å². The lowest BCUT2D eigenvalue weighted by molar-refractivity contribution is -0.145. The van der Waals surface area contributed by atoms with E-state index in [4.69, 9.17) is 14.2 Å². The fourth-order valence-electron chi connectivity index (χ4n) is 2.67. The Hall–Kier alpha value is -3.31. The number of aromatic amines is 1. The molecule has 2 N–H and O–H groups in total. The number of nitrogens with one attached hydrogen (secondary N) is 2. The predicted octanol–water partition coefficient (Wildman–Crippen LogP) is 1.40. The summed E-state index contributed by atoms with van der Waals surface area (Å²) in [6.45, 7) is 5.32. The number of hydrogen-bond acceptors (Lipinski definition) is 8. The van der Waals surface area contributed by atoms with Gasteiger partial charge in [-0.2, -0.15) is 5.10 Å². The van der Waals surface area contributed by atoms with Gasteiger partial charge in [-0.05, 0) is 38.1 Å². The molecule has 0 bridgehead atoms. The number of amides is 1. The summed E-state index contributed by atoms with van der Waals surface area (Å²) < 4.78 is 17.6. The molecule has 0 unspecified atom stereocenters. The Morgan fingerprint density at radius 1 is 1.20 bits per heavy atom. The van der Waals surface area contributed by atoms with Crippen molar-refractivity contribution in [2.24, 2.45) is 0 Å². The summed E-state index contributed by atoms with van der Waals surface area (Å²) in [5, 5.41) is 17.6. The molecule has 0 aliphatic heterocycles. The van der Waals surface area contributed by atoms with Crippen LogP contribution in [0.25, 0.3) is 11.4 Å². The molecule has 2 heterocycles. The quantitative estimate of drug-likeness (QED) is 0.450. The molecule has 30 heavy (non-hydrogen) atoms. The van der Waals surface area contributed by atoms with Crippen molar-refractivity contribution < 1.29 is 19.0 Å². The molecule has 1 amide bonds. The number of aromatic nitrogens is 6. The van der Waals surface area contributed by atoms with Gasteiger partial charge in [0.25, 0.3) is 5.91 Å². The number of methoxy groups -OCH3 is 1. The van der Waals surface area contributed by atoms with Crippen LogP contribution in [0.2, 0.25) is 0 Å². The van der Waals surface area contributed by atoms with E-state index >= 15 is 0 Å². The van der Waals surface area contributed by atoms with Crippen LogP contribution in [0.1, 0.15) is 30.2 Å². The van der Waals surface area contributed by atoms with Crippen molar-refractivity contribution in [3.8, 4) is 17.1 Å². The average molecular weight is 415 g/mol. The molecule has 0 saturated carbocycles. The van der Waals surface area contributed by atoms with Gasteiger partial charge in [-0.3, -0.25) is 9.89 Å². The summed E-state index contributed by atoms with van der Waals surface area (Å²) in [5.41, 5.74) is 1.03. The highest BCUT2D eigenvalue weighted by Gasteiger charge is 2.15. The zero-order valence-corrected chi connectivity index (χ0v) is 17.2. The minimum Gasteiger partial charge on any atom is -0.497 e. The Labute approximate surface area is 173 Å². The third-order valence-electron chi connectivity index (χ3n) is 4.11. The van der Waals surface area contributed by atoms with Crippen molar-refractivity contribution >= 4 is 5.91 Å². The van der Waals surface area contributed by atoms with E-state index in [0.717, 1.165) is 11.3 Å². The van der Waals surface area contributed by atoms with Crippen LogP contribution in [-0.4, -0.2) is 62.7 Å². The second-order valence-corrected chi connectivity index (χ2v) is 6.18. The van der Waals surface area contributed by atoms with Gasteiger partial charge in [0, 0.05) is 18.8 Å². The number of rotatable bonds is 11. The molecule has 0 fully saturated rings. The Kier molecular flexibility index (Phi) is 7.46. The van der Waals surface area contributed by atoms with Gasteiger partial charge in [0.05, 0.1) is 26.4 Å². The monoisotopic (exact) mass is 415 g/mol. The van der Waals surface area contributed by atoms with Crippen LogP contribution in [0, 0.1) is 0 Å². The molecule has 160 valence electrons. The normalized spacial score (nSPS) is 11.1. The maximum Gasteiger partial charge on any atom is 0.273 e. The molecule has 2 aromatic heterocycles.